The van der Waals surface area contributed by atoms with E-state index in [4.69, 9.17) is 18.9 Å². The number of rotatable bonds is 29. The number of methoxy groups -OCH3 is 1. The predicted molar refractivity (Wildman–Crippen MR) is 281 cm³/mol. The number of carbonyl (C=O) groups excluding carboxylic acids is 8. The van der Waals surface area contributed by atoms with Crippen molar-refractivity contribution in [3.05, 3.63) is 95.6 Å². The Morgan fingerprint density at radius 3 is 1.65 bits per heavy atom. The van der Waals surface area contributed by atoms with Crippen LogP contribution in [0.15, 0.2) is 78.9 Å². The van der Waals surface area contributed by atoms with Crippen molar-refractivity contribution in [3.8, 4) is 11.1 Å². The van der Waals surface area contributed by atoms with Crippen LogP contribution in [0.3, 0.4) is 0 Å². The van der Waals surface area contributed by atoms with E-state index in [2.05, 4.69) is 51.0 Å². The van der Waals surface area contributed by atoms with Gasteiger partial charge in [0.1, 0.15) is 42.0 Å². The van der Waals surface area contributed by atoms with Crippen LogP contribution in [0.4, 0.5) is 9.59 Å². The van der Waals surface area contributed by atoms with Crippen LogP contribution in [-0.2, 0) is 55.9 Å². The summed E-state index contributed by atoms with van der Waals surface area (Å²) in [7, 11) is 1.18. The summed E-state index contributed by atoms with van der Waals surface area (Å²) in [5.41, 5.74) is 2.84. The Morgan fingerprint density at radius 1 is 0.541 bits per heavy atom. The molecule has 6 N–H and O–H groups in total. The zero-order valence-corrected chi connectivity index (χ0v) is 44.8. The topological polar surface area (TPSA) is 246 Å². The molecule has 406 valence electrons. The fourth-order valence-corrected chi connectivity index (χ4v) is 7.44. The minimum Gasteiger partial charge on any atom is -0.467 e. The Labute approximate surface area is 436 Å². The summed E-state index contributed by atoms with van der Waals surface area (Å²) in [6.07, 6.45) is 3.90. The zero-order chi connectivity index (χ0) is 54.7. The first-order valence-electron chi connectivity index (χ1n) is 25.7. The van der Waals surface area contributed by atoms with Gasteiger partial charge in [0.15, 0.2) is 0 Å². The molecule has 18 heteroatoms. The van der Waals surface area contributed by atoms with Gasteiger partial charge in [-0.25, -0.2) is 14.4 Å². The summed E-state index contributed by atoms with van der Waals surface area (Å²) >= 11 is 0. The fraction of sp³-hybridized carbons (Fsp3) is 0.536. The maximum absolute atomic E-state index is 14.3. The first kappa shape index (κ1) is 61.3. The lowest BCUT2D eigenvalue weighted by Crippen LogP contribution is -2.57. The molecule has 0 saturated heterocycles. The van der Waals surface area contributed by atoms with Gasteiger partial charge in [-0.05, 0) is 147 Å². The summed E-state index contributed by atoms with van der Waals surface area (Å²) in [5.74, 6) is -3.93. The Balaban J connectivity index is 1.77. The van der Waals surface area contributed by atoms with Crippen LogP contribution < -0.4 is 31.9 Å². The van der Waals surface area contributed by atoms with E-state index < -0.39 is 83.1 Å². The minimum atomic E-state index is -1.29. The standard InChI is InChI=1S/C56H80N6O12/c1-10-11-20-39-27-29-41(30-28-39)42-31-33-43(34-32-42)49(65)60-44(23-15-17-35-57-53(69)72-37-40-21-13-12-14-22-40)51(67)61-45(25-19-26-47(63)73-55(3,4)5)50(66)59-38(2)48(64)62-46(52(68)71-9)24-16-18-36-58-54(70)74-56(6,7)8/h12-14,21-22,27-34,38,44-46H,10-11,15-20,23-26,35-37H2,1-9H3,(H,57,69)(H,58,70)(H,59,66)(H,60,65)(H,61,67)(H,62,64)/t38-,44-,45-,46-/m0/s1. The number of unbranched alkanes of at least 4 members (excludes halogenated alkanes) is 3. The van der Waals surface area contributed by atoms with E-state index in [9.17, 15) is 38.4 Å². The van der Waals surface area contributed by atoms with Gasteiger partial charge in [0.05, 0.1) is 7.11 Å². The van der Waals surface area contributed by atoms with Crippen molar-refractivity contribution in [2.75, 3.05) is 20.2 Å². The van der Waals surface area contributed by atoms with E-state index >= 15 is 0 Å². The van der Waals surface area contributed by atoms with Crippen LogP contribution in [0.25, 0.3) is 11.1 Å². The van der Waals surface area contributed by atoms with Crippen LogP contribution >= 0.6 is 0 Å². The molecule has 3 rings (SSSR count). The van der Waals surface area contributed by atoms with Crippen molar-refractivity contribution in [1.82, 2.24) is 31.9 Å². The van der Waals surface area contributed by atoms with E-state index in [1.54, 1.807) is 53.7 Å². The molecule has 74 heavy (non-hydrogen) atoms. The molecule has 0 heterocycles. The van der Waals surface area contributed by atoms with Gasteiger partial charge < -0.3 is 50.8 Å². The third-order valence-electron chi connectivity index (χ3n) is 11.3. The molecule has 3 aromatic rings. The molecular formula is C56H80N6O12. The van der Waals surface area contributed by atoms with Crippen LogP contribution in [-0.4, -0.2) is 103 Å². The SMILES string of the molecule is CCCCc1ccc(-c2ccc(C(=O)N[C@@H](CCCCNC(=O)OCc3ccccc3)C(=O)N[C@@H](CCCC(=O)OC(C)(C)C)C(=O)N[C@@H](C)C(=O)N[C@@H](CCCCNC(=O)OC(C)(C)C)C(=O)OC)cc2)cc1. The molecule has 0 aliphatic carbocycles. The third-order valence-corrected chi connectivity index (χ3v) is 11.3. The van der Waals surface area contributed by atoms with E-state index in [0.717, 1.165) is 36.0 Å². The molecule has 0 aliphatic heterocycles. The van der Waals surface area contributed by atoms with Crippen molar-refractivity contribution in [3.63, 3.8) is 0 Å². The number of nitrogens with one attached hydrogen (secondary N) is 6. The van der Waals surface area contributed by atoms with Crippen molar-refractivity contribution in [2.24, 2.45) is 0 Å². The number of amides is 6. The van der Waals surface area contributed by atoms with Crippen molar-refractivity contribution < 1.29 is 57.3 Å². The zero-order valence-electron chi connectivity index (χ0n) is 44.8. The van der Waals surface area contributed by atoms with Gasteiger partial charge in [-0.15, -0.1) is 0 Å². The highest BCUT2D eigenvalue weighted by Gasteiger charge is 2.31. The molecule has 0 radical (unpaired) electrons. The molecule has 3 aromatic carbocycles. The number of ether oxygens (including phenoxy) is 4. The van der Waals surface area contributed by atoms with Crippen LogP contribution in [0.1, 0.15) is 148 Å². The molecule has 0 aliphatic rings. The Hall–Kier alpha value is -6.98. The average Bonchev–Trinajstić information content (AvgIpc) is 3.35. The highest BCUT2D eigenvalue weighted by atomic mass is 16.6. The fourth-order valence-electron chi connectivity index (χ4n) is 7.44. The van der Waals surface area contributed by atoms with Gasteiger partial charge in [0, 0.05) is 25.1 Å². The van der Waals surface area contributed by atoms with Crippen molar-refractivity contribution >= 4 is 47.8 Å². The van der Waals surface area contributed by atoms with Gasteiger partial charge >= 0.3 is 24.1 Å². The van der Waals surface area contributed by atoms with Gasteiger partial charge in [0.25, 0.3) is 5.91 Å². The first-order chi connectivity index (χ1) is 35.1. The lowest BCUT2D eigenvalue weighted by atomic mass is 10.0. The second kappa shape index (κ2) is 31.6. The largest absolute Gasteiger partial charge is 0.467 e. The van der Waals surface area contributed by atoms with Crippen LogP contribution in [0.5, 0.6) is 0 Å². The van der Waals surface area contributed by atoms with Gasteiger partial charge in [-0.1, -0.05) is 80.1 Å². The maximum atomic E-state index is 14.3. The summed E-state index contributed by atoms with van der Waals surface area (Å²) in [5, 5.41) is 16.2. The number of carbonyl (C=O) groups is 8. The number of aryl methyl sites for hydroxylation is 1. The Bertz CT molecular complexity index is 2260. The summed E-state index contributed by atoms with van der Waals surface area (Å²) < 4.78 is 20.9. The molecule has 4 atom stereocenters. The Kier molecular flexibility index (Phi) is 26.2. The molecule has 0 saturated carbocycles. The van der Waals surface area contributed by atoms with Crippen LogP contribution in [0, 0.1) is 0 Å². The number of benzene rings is 3. The summed E-state index contributed by atoms with van der Waals surface area (Å²) in [6.45, 7) is 14.6. The minimum absolute atomic E-state index is 0.0516. The molecular weight excluding hydrogens is 949 g/mol. The molecule has 0 bridgehead atoms. The summed E-state index contributed by atoms with van der Waals surface area (Å²) in [6, 6.07) is 19.8. The molecule has 0 fully saturated rings. The lowest BCUT2D eigenvalue weighted by Gasteiger charge is -2.25. The average molecular weight is 1030 g/mol. The van der Waals surface area contributed by atoms with Crippen molar-refractivity contribution in [2.45, 2.75) is 174 Å². The third kappa shape index (κ3) is 24.6. The lowest BCUT2D eigenvalue weighted by molar-refractivity contribution is -0.155. The molecule has 0 aromatic heterocycles. The van der Waals surface area contributed by atoms with Gasteiger partial charge in [0.2, 0.25) is 17.7 Å². The van der Waals surface area contributed by atoms with E-state index in [1.165, 1.54) is 19.6 Å². The van der Waals surface area contributed by atoms with E-state index in [1.807, 2.05) is 54.6 Å². The number of esters is 2. The maximum Gasteiger partial charge on any atom is 0.407 e. The monoisotopic (exact) mass is 1030 g/mol. The van der Waals surface area contributed by atoms with Crippen LogP contribution in [0.2, 0.25) is 0 Å². The second-order valence-electron chi connectivity index (χ2n) is 20.2. The van der Waals surface area contributed by atoms with Gasteiger partial charge in [-0.2, -0.15) is 0 Å². The second-order valence-corrected chi connectivity index (χ2v) is 20.2. The highest BCUT2D eigenvalue weighted by molar-refractivity contribution is 5.99. The Morgan fingerprint density at radius 2 is 1.07 bits per heavy atom. The molecule has 0 spiro atoms. The predicted octanol–water partition coefficient (Wildman–Crippen LogP) is 7.75. The first-order valence-corrected chi connectivity index (χ1v) is 25.7. The highest BCUT2D eigenvalue weighted by Crippen LogP contribution is 2.22. The quantitative estimate of drug-likeness (QED) is 0.0222. The molecule has 0 unspecified atom stereocenters. The summed E-state index contributed by atoms with van der Waals surface area (Å²) in [4.78, 5) is 106. The van der Waals surface area contributed by atoms with E-state index in [0.29, 0.717) is 31.2 Å². The number of hydrogen-bond donors (Lipinski definition) is 6. The smallest absolute Gasteiger partial charge is 0.407 e. The van der Waals surface area contributed by atoms with Crippen molar-refractivity contribution in [1.29, 1.82) is 0 Å². The molecule has 18 nitrogen and oxygen atoms in total. The van der Waals surface area contributed by atoms with E-state index in [-0.39, 0.29) is 51.8 Å². The normalized spacial score (nSPS) is 12.9. The van der Waals surface area contributed by atoms with Gasteiger partial charge in [-0.3, -0.25) is 24.0 Å². The number of alkyl carbamates (subject to hydrolysis) is 2. The molecule has 6 amide bonds. The number of hydrogen-bond acceptors (Lipinski definition) is 12.